The molecule has 0 aliphatic carbocycles. The van der Waals surface area contributed by atoms with E-state index in [0.717, 1.165) is 47.3 Å². The van der Waals surface area contributed by atoms with Gasteiger partial charge in [0.1, 0.15) is 11.5 Å². The van der Waals surface area contributed by atoms with Crippen molar-refractivity contribution in [1.82, 2.24) is 10.3 Å². The number of aromatic nitrogens is 1. The molecular formula is C15H21N3O2S. The van der Waals surface area contributed by atoms with E-state index in [0.29, 0.717) is 6.54 Å². The Kier molecular flexibility index (Phi) is 5.98. The summed E-state index contributed by atoms with van der Waals surface area (Å²) in [5.41, 5.74) is 7.32. The van der Waals surface area contributed by atoms with Crippen LogP contribution in [0.25, 0.3) is 11.3 Å². The van der Waals surface area contributed by atoms with Crippen molar-refractivity contribution < 1.29 is 9.47 Å². The van der Waals surface area contributed by atoms with Gasteiger partial charge in [-0.25, -0.2) is 4.98 Å². The first-order chi connectivity index (χ1) is 10.3. The van der Waals surface area contributed by atoms with Crippen molar-refractivity contribution in [3.8, 4) is 22.8 Å². The molecule has 114 valence electrons. The van der Waals surface area contributed by atoms with Gasteiger partial charge in [0.25, 0.3) is 0 Å². The quantitative estimate of drug-likeness (QED) is 0.729. The molecule has 0 unspecified atom stereocenters. The molecular weight excluding hydrogens is 286 g/mol. The van der Waals surface area contributed by atoms with Crippen molar-refractivity contribution in [1.29, 1.82) is 0 Å². The fourth-order valence-electron chi connectivity index (χ4n) is 1.99. The first-order valence-electron chi connectivity index (χ1n) is 6.86. The summed E-state index contributed by atoms with van der Waals surface area (Å²) in [5.74, 6) is 1.60. The molecule has 6 heteroatoms. The predicted octanol–water partition coefficient (Wildman–Crippen LogP) is 1.92. The van der Waals surface area contributed by atoms with Gasteiger partial charge >= 0.3 is 0 Å². The van der Waals surface area contributed by atoms with Gasteiger partial charge in [0, 0.05) is 37.0 Å². The van der Waals surface area contributed by atoms with E-state index in [1.165, 1.54) is 0 Å². The fourth-order valence-corrected chi connectivity index (χ4v) is 2.78. The molecule has 0 radical (unpaired) electrons. The Hall–Kier alpha value is -1.63. The van der Waals surface area contributed by atoms with Crippen LogP contribution < -0.4 is 20.5 Å². The Bertz CT molecular complexity index is 572. The van der Waals surface area contributed by atoms with Gasteiger partial charge in [-0.1, -0.05) is 0 Å². The zero-order valence-electron chi connectivity index (χ0n) is 12.4. The summed E-state index contributed by atoms with van der Waals surface area (Å²) in [6.07, 6.45) is 0.900. The monoisotopic (exact) mass is 307 g/mol. The van der Waals surface area contributed by atoms with Gasteiger partial charge in [-0.3, -0.25) is 0 Å². The van der Waals surface area contributed by atoms with Crippen LogP contribution in [0.15, 0.2) is 23.6 Å². The van der Waals surface area contributed by atoms with Crippen LogP contribution in [0.2, 0.25) is 0 Å². The van der Waals surface area contributed by atoms with Crippen molar-refractivity contribution >= 4 is 11.3 Å². The van der Waals surface area contributed by atoms with Crippen LogP contribution >= 0.6 is 11.3 Å². The van der Waals surface area contributed by atoms with Gasteiger partial charge in [-0.05, 0) is 18.2 Å². The highest BCUT2D eigenvalue weighted by molar-refractivity contribution is 7.09. The summed E-state index contributed by atoms with van der Waals surface area (Å²) < 4.78 is 10.7. The molecule has 0 saturated heterocycles. The molecule has 0 saturated carbocycles. The summed E-state index contributed by atoms with van der Waals surface area (Å²) in [4.78, 5) is 4.67. The third-order valence-electron chi connectivity index (χ3n) is 3.07. The van der Waals surface area contributed by atoms with Gasteiger partial charge in [0.2, 0.25) is 0 Å². The molecule has 3 N–H and O–H groups in total. The molecule has 1 aromatic heterocycles. The fraction of sp³-hybridized carbons (Fsp3) is 0.400. The molecule has 0 amide bonds. The Morgan fingerprint density at radius 3 is 2.81 bits per heavy atom. The largest absolute Gasteiger partial charge is 0.497 e. The van der Waals surface area contributed by atoms with E-state index in [-0.39, 0.29) is 0 Å². The van der Waals surface area contributed by atoms with Gasteiger partial charge in [-0.2, -0.15) is 0 Å². The molecule has 0 spiro atoms. The third kappa shape index (κ3) is 4.17. The first kappa shape index (κ1) is 15.8. The van der Waals surface area contributed by atoms with E-state index in [4.69, 9.17) is 15.2 Å². The Labute approximate surface area is 129 Å². The van der Waals surface area contributed by atoms with E-state index in [1.807, 2.05) is 18.2 Å². The third-order valence-corrected chi connectivity index (χ3v) is 3.98. The molecule has 0 bridgehead atoms. The van der Waals surface area contributed by atoms with E-state index < -0.39 is 0 Å². The van der Waals surface area contributed by atoms with E-state index in [2.05, 4.69) is 15.7 Å². The van der Waals surface area contributed by atoms with E-state index in [1.54, 1.807) is 25.6 Å². The number of nitrogens with two attached hydrogens (primary N) is 1. The maximum Gasteiger partial charge on any atom is 0.128 e. The molecule has 0 aliphatic rings. The minimum absolute atomic E-state index is 0.657. The number of nitrogens with zero attached hydrogens (tertiary/aromatic N) is 1. The number of hydrogen-bond acceptors (Lipinski definition) is 6. The summed E-state index contributed by atoms with van der Waals surface area (Å²) in [6.45, 7) is 2.38. The Morgan fingerprint density at radius 2 is 2.10 bits per heavy atom. The standard InChI is InChI=1S/C15H21N3O2S/c1-19-11-3-4-14(20-2)12(9-11)13-10-21-15(18-13)5-7-17-8-6-16/h3-4,9-10,17H,5-8,16H2,1-2H3. The summed E-state index contributed by atoms with van der Waals surface area (Å²) in [6, 6.07) is 5.73. The average molecular weight is 307 g/mol. The van der Waals surface area contributed by atoms with Crippen molar-refractivity contribution in [2.24, 2.45) is 5.73 Å². The highest BCUT2D eigenvalue weighted by atomic mass is 32.1. The predicted molar refractivity (Wildman–Crippen MR) is 86.3 cm³/mol. The van der Waals surface area contributed by atoms with Crippen molar-refractivity contribution in [3.63, 3.8) is 0 Å². The van der Waals surface area contributed by atoms with E-state index >= 15 is 0 Å². The zero-order valence-corrected chi connectivity index (χ0v) is 13.2. The highest BCUT2D eigenvalue weighted by Crippen LogP contribution is 2.33. The smallest absolute Gasteiger partial charge is 0.128 e. The van der Waals surface area contributed by atoms with Crippen LogP contribution in [-0.4, -0.2) is 38.8 Å². The molecule has 2 aromatic rings. The number of rotatable bonds is 8. The second-order valence-corrected chi connectivity index (χ2v) is 5.42. The van der Waals surface area contributed by atoms with E-state index in [9.17, 15) is 0 Å². The number of thiazole rings is 1. The number of hydrogen-bond donors (Lipinski definition) is 2. The average Bonchev–Trinajstić information content (AvgIpc) is 2.99. The summed E-state index contributed by atoms with van der Waals surface area (Å²) in [7, 11) is 3.32. The summed E-state index contributed by atoms with van der Waals surface area (Å²) >= 11 is 1.66. The maximum absolute atomic E-state index is 5.45. The molecule has 1 heterocycles. The number of ether oxygens (including phenoxy) is 2. The number of benzene rings is 1. The summed E-state index contributed by atoms with van der Waals surface area (Å²) in [5, 5.41) is 6.42. The lowest BCUT2D eigenvalue weighted by Crippen LogP contribution is -2.24. The normalized spacial score (nSPS) is 10.6. The minimum atomic E-state index is 0.657. The highest BCUT2D eigenvalue weighted by Gasteiger charge is 2.11. The number of nitrogens with one attached hydrogen (secondary N) is 1. The van der Waals surface area contributed by atoms with Crippen molar-refractivity contribution in [2.45, 2.75) is 6.42 Å². The van der Waals surface area contributed by atoms with Gasteiger partial charge < -0.3 is 20.5 Å². The number of methoxy groups -OCH3 is 2. The van der Waals surface area contributed by atoms with Gasteiger partial charge in [0.05, 0.1) is 24.9 Å². The van der Waals surface area contributed by atoms with Gasteiger partial charge in [-0.15, -0.1) is 11.3 Å². The molecule has 0 aliphatic heterocycles. The Balaban J connectivity index is 2.13. The maximum atomic E-state index is 5.45. The molecule has 1 aromatic carbocycles. The molecule has 2 rings (SSSR count). The van der Waals surface area contributed by atoms with Crippen LogP contribution in [0.1, 0.15) is 5.01 Å². The van der Waals surface area contributed by atoms with Crippen molar-refractivity contribution in [3.05, 3.63) is 28.6 Å². The molecule has 21 heavy (non-hydrogen) atoms. The van der Waals surface area contributed by atoms with Crippen LogP contribution in [-0.2, 0) is 6.42 Å². The van der Waals surface area contributed by atoms with Crippen LogP contribution in [0.4, 0.5) is 0 Å². The lowest BCUT2D eigenvalue weighted by atomic mass is 10.1. The zero-order chi connectivity index (χ0) is 15.1. The first-order valence-corrected chi connectivity index (χ1v) is 7.74. The topological polar surface area (TPSA) is 69.4 Å². The second-order valence-electron chi connectivity index (χ2n) is 4.48. The van der Waals surface area contributed by atoms with Crippen LogP contribution in [0, 0.1) is 0 Å². The molecule has 5 nitrogen and oxygen atoms in total. The Morgan fingerprint density at radius 1 is 1.24 bits per heavy atom. The van der Waals surface area contributed by atoms with Crippen LogP contribution in [0.3, 0.4) is 0 Å². The SMILES string of the molecule is COc1ccc(OC)c(-c2csc(CCNCCN)n2)c1. The lowest BCUT2D eigenvalue weighted by Gasteiger charge is -2.08. The molecule has 0 atom stereocenters. The minimum Gasteiger partial charge on any atom is -0.497 e. The lowest BCUT2D eigenvalue weighted by molar-refractivity contribution is 0.404. The second kappa shape index (κ2) is 7.97. The van der Waals surface area contributed by atoms with Crippen molar-refractivity contribution in [2.75, 3.05) is 33.9 Å². The molecule has 0 fully saturated rings. The van der Waals surface area contributed by atoms with Gasteiger partial charge in [0.15, 0.2) is 0 Å². The van der Waals surface area contributed by atoms with Crippen LogP contribution in [0.5, 0.6) is 11.5 Å².